The monoisotopic (exact) mass is 210 g/mol. The fourth-order valence-electron chi connectivity index (χ4n) is 1.23. The lowest BCUT2D eigenvalue weighted by atomic mass is 10.2. The summed E-state index contributed by atoms with van der Waals surface area (Å²) in [6.45, 7) is 2.56. The second-order valence-corrected chi connectivity index (χ2v) is 3.74. The quantitative estimate of drug-likeness (QED) is 0.754. The Bertz CT molecular complexity index is 285. The molecule has 0 saturated carbocycles. The van der Waals surface area contributed by atoms with Crippen LogP contribution in [0.5, 0.6) is 0 Å². The first-order chi connectivity index (χ1) is 7.13. The summed E-state index contributed by atoms with van der Waals surface area (Å²) < 4.78 is 0. The first kappa shape index (κ1) is 11.9. The number of pyridine rings is 1. The van der Waals surface area contributed by atoms with Gasteiger partial charge in [0.2, 0.25) is 0 Å². The molecule has 0 aliphatic rings. The van der Waals surface area contributed by atoms with Crippen LogP contribution >= 0.6 is 0 Å². The maximum Gasteiger partial charge on any atom is 0.128 e. The number of nitrogens with zero attached hydrogens (tertiary/aromatic N) is 2. The van der Waals surface area contributed by atoms with Gasteiger partial charge in [-0.05, 0) is 25.0 Å². The highest BCUT2D eigenvalue weighted by Crippen LogP contribution is 2.10. The van der Waals surface area contributed by atoms with E-state index in [2.05, 4.69) is 4.98 Å². The molecule has 0 bridgehead atoms. The van der Waals surface area contributed by atoms with E-state index in [4.69, 9.17) is 10.2 Å². The van der Waals surface area contributed by atoms with Crippen molar-refractivity contribution < 1.29 is 10.2 Å². The van der Waals surface area contributed by atoms with E-state index in [-0.39, 0.29) is 12.7 Å². The van der Waals surface area contributed by atoms with E-state index in [0.29, 0.717) is 0 Å². The second-order valence-electron chi connectivity index (χ2n) is 3.74. The number of hydrogen-bond donors (Lipinski definition) is 2. The fourth-order valence-corrected chi connectivity index (χ4v) is 1.23. The molecule has 1 aromatic rings. The SMILES string of the molecule is CC(O)CCN(C)c1ccc(CO)cn1. The third-order valence-corrected chi connectivity index (χ3v) is 2.27. The molecule has 1 heterocycles. The highest BCUT2D eigenvalue weighted by atomic mass is 16.3. The molecule has 0 amide bonds. The zero-order valence-electron chi connectivity index (χ0n) is 9.22. The number of aliphatic hydroxyl groups is 2. The summed E-state index contributed by atoms with van der Waals surface area (Å²) in [7, 11) is 1.93. The molecule has 0 aliphatic heterocycles. The minimum atomic E-state index is -0.288. The normalized spacial score (nSPS) is 12.5. The Balaban J connectivity index is 2.54. The lowest BCUT2D eigenvalue weighted by Crippen LogP contribution is -2.22. The van der Waals surface area contributed by atoms with E-state index >= 15 is 0 Å². The van der Waals surface area contributed by atoms with Crippen LogP contribution in [-0.4, -0.2) is 34.9 Å². The molecule has 0 spiro atoms. The maximum absolute atomic E-state index is 9.15. The smallest absolute Gasteiger partial charge is 0.128 e. The van der Waals surface area contributed by atoms with E-state index in [9.17, 15) is 0 Å². The van der Waals surface area contributed by atoms with Gasteiger partial charge in [-0.15, -0.1) is 0 Å². The van der Waals surface area contributed by atoms with E-state index in [0.717, 1.165) is 24.3 Å². The van der Waals surface area contributed by atoms with Crippen LogP contribution in [0.25, 0.3) is 0 Å². The average molecular weight is 210 g/mol. The molecular weight excluding hydrogens is 192 g/mol. The number of aliphatic hydroxyl groups excluding tert-OH is 2. The van der Waals surface area contributed by atoms with Gasteiger partial charge in [-0.1, -0.05) is 6.07 Å². The molecule has 0 aromatic carbocycles. The Kier molecular flexibility index (Phi) is 4.52. The first-order valence-electron chi connectivity index (χ1n) is 5.08. The van der Waals surface area contributed by atoms with Gasteiger partial charge in [0.15, 0.2) is 0 Å². The standard InChI is InChI=1S/C11H18N2O2/c1-9(15)5-6-13(2)11-4-3-10(8-14)7-12-11/h3-4,7,9,14-15H,5-6,8H2,1-2H3. The third-order valence-electron chi connectivity index (χ3n) is 2.27. The molecule has 84 valence electrons. The lowest BCUT2D eigenvalue weighted by molar-refractivity contribution is 0.187. The molecule has 1 aromatic heterocycles. The lowest BCUT2D eigenvalue weighted by Gasteiger charge is -2.18. The van der Waals surface area contributed by atoms with Crippen molar-refractivity contribution in [1.29, 1.82) is 0 Å². The Morgan fingerprint density at radius 2 is 2.20 bits per heavy atom. The summed E-state index contributed by atoms with van der Waals surface area (Å²) in [6.07, 6.45) is 2.10. The van der Waals surface area contributed by atoms with Gasteiger partial charge < -0.3 is 15.1 Å². The molecule has 4 heteroatoms. The van der Waals surface area contributed by atoms with Crippen molar-refractivity contribution in [2.45, 2.75) is 26.1 Å². The van der Waals surface area contributed by atoms with E-state index in [1.807, 2.05) is 24.1 Å². The van der Waals surface area contributed by atoms with E-state index < -0.39 is 0 Å². The van der Waals surface area contributed by atoms with Gasteiger partial charge in [0, 0.05) is 19.8 Å². The zero-order chi connectivity index (χ0) is 11.3. The summed E-state index contributed by atoms with van der Waals surface area (Å²) in [5, 5.41) is 18.0. The van der Waals surface area contributed by atoms with Crippen LogP contribution in [0.3, 0.4) is 0 Å². The van der Waals surface area contributed by atoms with Gasteiger partial charge in [0.1, 0.15) is 5.82 Å². The largest absolute Gasteiger partial charge is 0.393 e. The van der Waals surface area contributed by atoms with Crippen LogP contribution < -0.4 is 4.90 Å². The molecule has 0 saturated heterocycles. The highest BCUT2D eigenvalue weighted by molar-refractivity contribution is 5.37. The second kappa shape index (κ2) is 5.68. The van der Waals surface area contributed by atoms with Crippen LogP contribution in [0.15, 0.2) is 18.3 Å². The van der Waals surface area contributed by atoms with Gasteiger partial charge in [0.05, 0.1) is 12.7 Å². The van der Waals surface area contributed by atoms with Gasteiger partial charge in [0.25, 0.3) is 0 Å². The van der Waals surface area contributed by atoms with Crippen molar-refractivity contribution >= 4 is 5.82 Å². The number of anilines is 1. The average Bonchev–Trinajstić information content (AvgIpc) is 2.26. The summed E-state index contributed by atoms with van der Waals surface area (Å²) in [4.78, 5) is 6.19. The van der Waals surface area contributed by atoms with Gasteiger partial charge in [-0.2, -0.15) is 0 Å². The summed E-state index contributed by atoms with van der Waals surface area (Å²) >= 11 is 0. The maximum atomic E-state index is 9.15. The molecule has 2 N–H and O–H groups in total. The summed E-state index contributed by atoms with van der Waals surface area (Å²) in [5.41, 5.74) is 0.808. The Hall–Kier alpha value is -1.13. The van der Waals surface area contributed by atoms with Crippen LogP contribution in [0.1, 0.15) is 18.9 Å². The Morgan fingerprint density at radius 3 is 2.67 bits per heavy atom. The molecule has 0 radical (unpaired) electrons. The van der Waals surface area contributed by atoms with Crippen molar-refractivity contribution in [2.75, 3.05) is 18.5 Å². The molecule has 1 unspecified atom stereocenters. The molecule has 4 nitrogen and oxygen atoms in total. The molecule has 0 fully saturated rings. The third kappa shape index (κ3) is 3.85. The van der Waals surface area contributed by atoms with Crippen molar-refractivity contribution in [1.82, 2.24) is 4.98 Å². The Labute approximate surface area is 90.2 Å². The van der Waals surface area contributed by atoms with Crippen molar-refractivity contribution in [3.05, 3.63) is 23.9 Å². The topological polar surface area (TPSA) is 56.6 Å². The van der Waals surface area contributed by atoms with Crippen molar-refractivity contribution in [3.8, 4) is 0 Å². The van der Waals surface area contributed by atoms with Crippen LogP contribution in [0, 0.1) is 0 Å². The zero-order valence-corrected chi connectivity index (χ0v) is 9.22. The molecule has 1 atom stereocenters. The van der Waals surface area contributed by atoms with Gasteiger partial charge >= 0.3 is 0 Å². The van der Waals surface area contributed by atoms with E-state index in [1.54, 1.807) is 13.1 Å². The van der Waals surface area contributed by atoms with Crippen LogP contribution in [-0.2, 0) is 6.61 Å². The predicted molar refractivity (Wildman–Crippen MR) is 59.7 cm³/mol. The first-order valence-corrected chi connectivity index (χ1v) is 5.08. The minimum Gasteiger partial charge on any atom is -0.393 e. The predicted octanol–water partition coefficient (Wildman–Crippen LogP) is 0.781. The number of aromatic nitrogens is 1. The summed E-state index contributed by atoms with van der Waals surface area (Å²) in [5.74, 6) is 0.854. The van der Waals surface area contributed by atoms with Crippen molar-refractivity contribution in [2.24, 2.45) is 0 Å². The van der Waals surface area contributed by atoms with Gasteiger partial charge in [-0.25, -0.2) is 4.98 Å². The molecule has 1 rings (SSSR count). The van der Waals surface area contributed by atoms with Crippen molar-refractivity contribution in [3.63, 3.8) is 0 Å². The number of hydrogen-bond acceptors (Lipinski definition) is 4. The van der Waals surface area contributed by atoms with Crippen LogP contribution in [0.2, 0.25) is 0 Å². The fraction of sp³-hybridized carbons (Fsp3) is 0.545. The van der Waals surface area contributed by atoms with Gasteiger partial charge in [-0.3, -0.25) is 0 Å². The Morgan fingerprint density at radius 1 is 1.47 bits per heavy atom. The molecular formula is C11H18N2O2. The minimum absolute atomic E-state index is 0.0185. The highest BCUT2D eigenvalue weighted by Gasteiger charge is 2.03. The molecule has 0 aliphatic carbocycles. The summed E-state index contributed by atoms with van der Waals surface area (Å²) in [6, 6.07) is 3.72. The van der Waals surface area contributed by atoms with Crippen LogP contribution in [0.4, 0.5) is 5.82 Å². The van der Waals surface area contributed by atoms with E-state index in [1.165, 1.54) is 0 Å². The number of rotatable bonds is 5. The molecule has 15 heavy (non-hydrogen) atoms.